The Labute approximate surface area is 133 Å². The Morgan fingerprint density at radius 2 is 2.05 bits per heavy atom. The van der Waals surface area contributed by atoms with Crippen molar-refractivity contribution in [2.24, 2.45) is 0 Å². The van der Waals surface area contributed by atoms with Crippen LogP contribution in [0.25, 0.3) is 0 Å². The number of carbonyl (C=O) groups excluding carboxylic acids is 1. The van der Waals surface area contributed by atoms with E-state index in [-0.39, 0.29) is 5.91 Å². The lowest BCUT2D eigenvalue weighted by atomic mass is 9.95. The molecule has 0 fully saturated rings. The summed E-state index contributed by atoms with van der Waals surface area (Å²) in [5, 5.41) is 4.24. The van der Waals surface area contributed by atoms with Crippen LogP contribution < -0.4 is 11.1 Å². The molecule has 110 valence electrons. The van der Waals surface area contributed by atoms with Gasteiger partial charge < -0.3 is 11.1 Å². The number of fused-ring (bicyclic) bond motifs is 1. The summed E-state index contributed by atoms with van der Waals surface area (Å²) < 4.78 is 0. The van der Waals surface area contributed by atoms with Crippen LogP contribution >= 0.6 is 22.9 Å². The van der Waals surface area contributed by atoms with Gasteiger partial charge in [0.1, 0.15) is 0 Å². The van der Waals surface area contributed by atoms with Crippen molar-refractivity contribution in [3.05, 3.63) is 50.9 Å². The SMILES string of the molecule is Nc1sc2c(c1C(=O)NCc1ccccc1Cl)CCCC2. The van der Waals surface area contributed by atoms with Gasteiger partial charge in [0.2, 0.25) is 0 Å². The number of nitrogens with two attached hydrogens (primary N) is 1. The number of hydrogen-bond acceptors (Lipinski definition) is 3. The van der Waals surface area contributed by atoms with Crippen LogP contribution in [0.2, 0.25) is 5.02 Å². The van der Waals surface area contributed by atoms with Gasteiger partial charge in [-0.2, -0.15) is 0 Å². The third kappa shape index (κ3) is 2.92. The predicted molar refractivity (Wildman–Crippen MR) is 88.0 cm³/mol. The molecule has 0 atom stereocenters. The number of carbonyl (C=O) groups is 1. The number of nitrogens with one attached hydrogen (secondary N) is 1. The molecule has 3 N–H and O–H groups in total. The van der Waals surface area contributed by atoms with Crippen molar-refractivity contribution < 1.29 is 4.79 Å². The van der Waals surface area contributed by atoms with Gasteiger partial charge in [-0.3, -0.25) is 4.79 Å². The quantitative estimate of drug-likeness (QED) is 0.904. The Balaban J connectivity index is 1.77. The van der Waals surface area contributed by atoms with Gasteiger partial charge >= 0.3 is 0 Å². The third-order valence-corrected chi connectivity index (χ3v) is 5.31. The molecule has 0 radical (unpaired) electrons. The molecule has 1 aliphatic rings. The Morgan fingerprint density at radius 3 is 2.86 bits per heavy atom. The van der Waals surface area contributed by atoms with E-state index in [1.807, 2.05) is 24.3 Å². The first-order chi connectivity index (χ1) is 10.2. The van der Waals surface area contributed by atoms with E-state index in [0.29, 0.717) is 22.1 Å². The van der Waals surface area contributed by atoms with Gasteiger partial charge in [-0.05, 0) is 42.9 Å². The number of aryl methyl sites for hydroxylation is 1. The maximum Gasteiger partial charge on any atom is 0.254 e. The number of amides is 1. The van der Waals surface area contributed by atoms with Gasteiger partial charge in [0.15, 0.2) is 0 Å². The van der Waals surface area contributed by atoms with Crippen LogP contribution in [0.4, 0.5) is 5.00 Å². The Morgan fingerprint density at radius 1 is 1.29 bits per heavy atom. The number of halogens is 1. The van der Waals surface area contributed by atoms with E-state index in [1.54, 1.807) is 11.3 Å². The third-order valence-electron chi connectivity index (χ3n) is 3.82. The van der Waals surface area contributed by atoms with E-state index in [2.05, 4.69) is 5.32 Å². The van der Waals surface area contributed by atoms with Gasteiger partial charge in [-0.15, -0.1) is 11.3 Å². The number of nitrogen functional groups attached to an aromatic ring is 1. The summed E-state index contributed by atoms with van der Waals surface area (Å²) in [5.41, 5.74) is 8.80. The second-order valence-corrected chi connectivity index (χ2v) is 6.77. The van der Waals surface area contributed by atoms with Gasteiger partial charge in [-0.1, -0.05) is 29.8 Å². The van der Waals surface area contributed by atoms with Gasteiger partial charge in [0.05, 0.1) is 10.6 Å². The van der Waals surface area contributed by atoms with Crippen LogP contribution in [0.3, 0.4) is 0 Å². The van der Waals surface area contributed by atoms with Crippen LogP contribution in [0, 0.1) is 0 Å². The highest BCUT2D eigenvalue weighted by atomic mass is 35.5. The number of benzene rings is 1. The molecule has 0 saturated carbocycles. The number of anilines is 1. The van der Waals surface area contributed by atoms with Gasteiger partial charge in [-0.25, -0.2) is 0 Å². The first kappa shape index (κ1) is 14.4. The van der Waals surface area contributed by atoms with Crippen LogP contribution in [0.5, 0.6) is 0 Å². The van der Waals surface area contributed by atoms with E-state index >= 15 is 0 Å². The minimum absolute atomic E-state index is 0.0909. The fourth-order valence-electron chi connectivity index (χ4n) is 2.74. The zero-order valence-corrected chi connectivity index (χ0v) is 13.2. The average molecular weight is 321 g/mol. The molecule has 1 aliphatic carbocycles. The van der Waals surface area contributed by atoms with Crippen LogP contribution in [-0.4, -0.2) is 5.91 Å². The summed E-state index contributed by atoms with van der Waals surface area (Å²) >= 11 is 7.67. The Kier molecular flexibility index (Phi) is 4.17. The van der Waals surface area contributed by atoms with Crippen molar-refractivity contribution in [2.45, 2.75) is 32.2 Å². The van der Waals surface area contributed by atoms with Crippen molar-refractivity contribution in [2.75, 3.05) is 5.73 Å². The van der Waals surface area contributed by atoms with E-state index in [9.17, 15) is 4.79 Å². The first-order valence-electron chi connectivity index (χ1n) is 7.08. The fourth-order valence-corrected chi connectivity index (χ4v) is 4.10. The summed E-state index contributed by atoms with van der Waals surface area (Å²) in [6.07, 6.45) is 4.32. The smallest absolute Gasteiger partial charge is 0.254 e. The molecule has 3 rings (SSSR count). The molecule has 1 aromatic carbocycles. The standard InChI is InChI=1S/C16H17ClN2OS/c17-12-7-3-1-5-10(12)9-19-16(20)14-11-6-2-4-8-13(11)21-15(14)18/h1,3,5,7H,2,4,6,8-9,18H2,(H,19,20). The largest absolute Gasteiger partial charge is 0.390 e. The fraction of sp³-hybridized carbons (Fsp3) is 0.312. The average Bonchev–Trinajstić information content (AvgIpc) is 2.82. The highest BCUT2D eigenvalue weighted by molar-refractivity contribution is 7.16. The summed E-state index contributed by atoms with van der Waals surface area (Å²) in [5.74, 6) is -0.0909. The highest BCUT2D eigenvalue weighted by Gasteiger charge is 2.23. The molecule has 0 unspecified atom stereocenters. The molecular weight excluding hydrogens is 304 g/mol. The van der Waals surface area contributed by atoms with Crippen LogP contribution in [0.1, 0.15) is 39.2 Å². The van der Waals surface area contributed by atoms with Crippen LogP contribution in [0.15, 0.2) is 24.3 Å². The maximum absolute atomic E-state index is 12.5. The second-order valence-electron chi connectivity index (χ2n) is 5.22. The lowest BCUT2D eigenvalue weighted by molar-refractivity contribution is 0.0951. The zero-order chi connectivity index (χ0) is 14.8. The topological polar surface area (TPSA) is 55.1 Å². The second kappa shape index (κ2) is 6.08. The van der Waals surface area contributed by atoms with Crippen molar-refractivity contribution in [3.8, 4) is 0 Å². The summed E-state index contributed by atoms with van der Waals surface area (Å²) in [7, 11) is 0. The van der Waals surface area contributed by atoms with Crippen molar-refractivity contribution in [3.63, 3.8) is 0 Å². The molecule has 1 heterocycles. The highest BCUT2D eigenvalue weighted by Crippen LogP contribution is 2.36. The normalized spacial score (nSPS) is 13.8. The van der Waals surface area contributed by atoms with E-state index in [1.165, 1.54) is 11.3 Å². The monoisotopic (exact) mass is 320 g/mol. The molecule has 0 aliphatic heterocycles. The van der Waals surface area contributed by atoms with Gasteiger partial charge in [0, 0.05) is 16.4 Å². The summed E-state index contributed by atoms with van der Waals surface area (Å²) in [6, 6.07) is 7.52. The maximum atomic E-state index is 12.5. The molecule has 2 aromatic rings. The molecule has 5 heteroatoms. The molecule has 21 heavy (non-hydrogen) atoms. The number of thiophene rings is 1. The number of rotatable bonds is 3. The molecule has 1 aromatic heterocycles. The van der Waals surface area contributed by atoms with E-state index in [0.717, 1.165) is 30.4 Å². The lowest BCUT2D eigenvalue weighted by Gasteiger charge is -2.13. The first-order valence-corrected chi connectivity index (χ1v) is 8.28. The Hall–Kier alpha value is -1.52. The van der Waals surface area contributed by atoms with Crippen molar-refractivity contribution >= 4 is 33.8 Å². The van der Waals surface area contributed by atoms with Crippen molar-refractivity contribution in [1.82, 2.24) is 5.32 Å². The van der Waals surface area contributed by atoms with Crippen LogP contribution in [-0.2, 0) is 19.4 Å². The predicted octanol–water partition coefficient (Wildman–Crippen LogP) is 3.79. The van der Waals surface area contributed by atoms with E-state index in [4.69, 9.17) is 17.3 Å². The summed E-state index contributed by atoms with van der Waals surface area (Å²) in [4.78, 5) is 13.7. The molecular formula is C16H17ClN2OS. The van der Waals surface area contributed by atoms with Crippen molar-refractivity contribution in [1.29, 1.82) is 0 Å². The molecule has 0 saturated heterocycles. The van der Waals surface area contributed by atoms with E-state index < -0.39 is 0 Å². The lowest BCUT2D eigenvalue weighted by Crippen LogP contribution is -2.24. The summed E-state index contributed by atoms with van der Waals surface area (Å²) in [6.45, 7) is 0.419. The Bertz CT molecular complexity index is 681. The molecule has 0 bridgehead atoms. The van der Waals surface area contributed by atoms with Gasteiger partial charge in [0.25, 0.3) is 5.91 Å². The minimum atomic E-state index is -0.0909. The molecule has 1 amide bonds. The zero-order valence-electron chi connectivity index (χ0n) is 11.6. The number of hydrogen-bond donors (Lipinski definition) is 2. The molecule has 0 spiro atoms. The minimum Gasteiger partial charge on any atom is -0.390 e. The molecule has 3 nitrogen and oxygen atoms in total.